The smallest absolute Gasteiger partial charge is 0.410 e. The Hall–Kier alpha value is -5.50. The van der Waals surface area contributed by atoms with Crippen molar-refractivity contribution in [1.29, 1.82) is 0 Å². The molecule has 0 spiro atoms. The number of hydrogen-bond donors (Lipinski definition) is 1. The molecule has 4 aliphatic rings. The largest absolute Gasteiger partial charge is 0.486 e. The molecule has 4 fully saturated rings. The zero-order valence-corrected chi connectivity index (χ0v) is 34.2. The highest BCUT2D eigenvalue weighted by Crippen LogP contribution is 2.36. The van der Waals surface area contributed by atoms with Crippen molar-refractivity contribution in [2.45, 2.75) is 115 Å². The molecule has 0 saturated carbocycles. The third-order valence-electron chi connectivity index (χ3n) is 10.3. The number of para-hydroxylation sites is 1. The van der Waals surface area contributed by atoms with E-state index in [4.69, 9.17) is 23.7 Å². The van der Waals surface area contributed by atoms with Gasteiger partial charge in [0.15, 0.2) is 0 Å². The average molecular weight is 801 g/mol. The Morgan fingerprint density at radius 3 is 1.45 bits per heavy atom. The Labute approximate surface area is 340 Å². The van der Waals surface area contributed by atoms with Crippen molar-refractivity contribution >= 4 is 24.4 Å². The molecule has 6 atom stereocenters. The van der Waals surface area contributed by atoms with Gasteiger partial charge in [0, 0.05) is 13.1 Å². The molecule has 4 aliphatic heterocycles. The third-order valence-corrected chi connectivity index (χ3v) is 10.3. The van der Waals surface area contributed by atoms with Crippen molar-refractivity contribution in [3.63, 3.8) is 0 Å². The number of benzene rings is 3. The molecule has 0 aromatic heterocycles. The van der Waals surface area contributed by atoms with Crippen molar-refractivity contribution in [3.05, 3.63) is 102 Å². The summed E-state index contributed by atoms with van der Waals surface area (Å²) in [6.45, 7) is 12.8. The number of carbonyl (C=O) groups is 4. The van der Waals surface area contributed by atoms with E-state index in [1.807, 2.05) is 112 Å². The Bertz CT molecular complexity index is 1850. The van der Waals surface area contributed by atoms with Crippen molar-refractivity contribution in [2.75, 3.05) is 26.2 Å². The maximum absolute atomic E-state index is 13.0. The fraction of sp³-hybridized carbons (Fsp3) is 0.500. The predicted molar refractivity (Wildman–Crippen MR) is 214 cm³/mol. The van der Waals surface area contributed by atoms with Gasteiger partial charge in [0.1, 0.15) is 36.3 Å². The van der Waals surface area contributed by atoms with Gasteiger partial charge in [0.25, 0.3) is 0 Å². The lowest BCUT2D eigenvalue weighted by Crippen LogP contribution is -2.47. The molecule has 0 radical (unpaired) electrons. The molecular formula is C44H56N4O10. The summed E-state index contributed by atoms with van der Waals surface area (Å²) in [5.74, 6) is 0.701. The molecule has 58 heavy (non-hydrogen) atoms. The van der Waals surface area contributed by atoms with Gasteiger partial charge in [-0.05, 0) is 77.6 Å². The Morgan fingerprint density at radius 1 is 0.569 bits per heavy atom. The number of hydrogen-bond acceptors (Lipinski definition) is 10. The Balaban J connectivity index is 0.000000200. The van der Waals surface area contributed by atoms with E-state index in [1.165, 1.54) is 9.80 Å². The summed E-state index contributed by atoms with van der Waals surface area (Å²) >= 11 is 0. The van der Waals surface area contributed by atoms with E-state index in [2.05, 4.69) is 0 Å². The maximum atomic E-state index is 13.0. The lowest BCUT2D eigenvalue weighted by Gasteiger charge is -2.28. The number of aliphatic hydroxyl groups excluding tert-OH is 1. The van der Waals surface area contributed by atoms with Crippen LogP contribution in [0.5, 0.6) is 5.75 Å². The van der Waals surface area contributed by atoms with Crippen LogP contribution in [0.15, 0.2) is 91.0 Å². The van der Waals surface area contributed by atoms with Gasteiger partial charge < -0.3 is 38.6 Å². The molecular weight excluding hydrogens is 745 g/mol. The second-order valence-electron chi connectivity index (χ2n) is 17.0. The van der Waals surface area contributed by atoms with Gasteiger partial charge in [-0.3, -0.25) is 9.80 Å². The van der Waals surface area contributed by atoms with E-state index in [1.54, 1.807) is 30.6 Å². The van der Waals surface area contributed by atoms with E-state index in [0.717, 1.165) is 11.1 Å². The quantitative estimate of drug-likeness (QED) is 0.263. The van der Waals surface area contributed by atoms with Crippen LogP contribution in [0.1, 0.15) is 65.5 Å². The van der Waals surface area contributed by atoms with Crippen molar-refractivity contribution in [2.24, 2.45) is 0 Å². The van der Waals surface area contributed by atoms with E-state index >= 15 is 0 Å². The summed E-state index contributed by atoms with van der Waals surface area (Å²) in [6.07, 6.45) is -1.63. The summed E-state index contributed by atoms with van der Waals surface area (Å²) in [7, 11) is 0. The van der Waals surface area contributed by atoms with Gasteiger partial charge in [-0.1, -0.05) is 78.9 Å². The summed E-state index contributed by atoms with van der Waals surface area (Å²) in [5, 5.41) is 10.4. The summed E-state index contributed by atoms with van der Waals surface area (Å²) in [5.41, 5.74) is 0.625. The molecule has 3 aromatic rings. The standard InChI is InChI=1S/C25H30N2O5.C19H26N2O5/c1-25(2,3)32-24(29)27-16-21(31-19-12-8-5-9-13-19)22-20(27)14-15-26(22)23(28)30-17-18-10-6-4-7-11-18;1-19(2,3)26-18(24)21-11-15(22)16-14(21)9-10-20(16)17(23)25-12-13-7-5-4-6-8-13/h4-13,20-22H,14-17H2,1-3H3;4-8,14-16,22H,9-12H2,1-3H3/t20-,21+,22+;14-,15-,16+/m11/s1. The maximum Gasteiger partial charge on any atom is 0.410 e. The summed E-state index contributed by atoms with van der Waals surface area (Å²) in [4.78, 5) is 57.2. The first-order valence-corrected chi connectivity index (χ1v) is 19.9. The van der Waals surface area contributed by atoms with Crippen molar-refractivity contribution < 1.29 is 48.0 Å². The van der Waals surface area contributed by atoms with Crippen molar-refractivity contribution in [3.8, 4) is 5.75 Å². The number of fused-ring (bicyclic) bond motifs is 2. The normalized spacial score (nSPS) is 23.6. The van der Waals surface area contributed by atoms with Crippen molar-refractivity contribution in [1.82, 2.24) is 19.6 Å². The van der Waals surface area contributed by atoms with E-state index in [-0.39, 0.29) is 50.1 Å². The van der Waals surface area contributed by atoms with E-state index in [9.17, 15) is 24.3 Å². The molecule has 14 nitrogen and oxygen atoms in total. The zero-order chi connectivity index (χ0) is 41.6. The monoisotopic (exact) mass is 800 g/mol. The number of nitrogens with zero attached hydrogens (tertiary/aromatic N) is 4. The number of ether oxygens (including phenoxy) is 5. The molecule has 14 heteroatoms. The molecule has 7 rings (SSSR count). The van der Waals surface area contributed by atoms with E-state index < -0.39 is 41.6 Å². The molecule has 0 unspecified atom stereocenters. The molecule has 1 N–H and O–H groups in total. The highest BCUT2D eigenvalue weighted by atomic mass is 16.6. The number of β-amino-alcohol motifs (C(OH)–C–C–N with tert-alkyl or cyclic N) is 1. The Kier molecular flexibility index (Phi) is 13.0. The number of aliphatic hydroxyl groups is 1. The van der Waals surface area contributed by atoms with Gasteiger partial charge in [0.05, 0.1) is 43.4 Å². The molecule has 4 amide bonds. The summed E-state index contributed by atoms with van der Waals surface area (Å²) < 4.78 is 28.3. The van der Waals surface area contributed by atoms with Crippen LogP contribution in [-0.4, -0.2) is 123 Å². The van der Waals surface area contributed by atoms with Gasteiger partial charge in [-0.2, -0.15) is 0 Å². The van der Waals surface area contributed by atoms with Crippen LogP contribution in [0.3, 0.4) is 0 Å². The van der Waals surface area contributed by atoms with Crippen LogP contribution in [0.2, 0.25) is 0 Å². The number of carbonyl (C=O) groups excluding carboxylic acids is 4. The minimum atomic E-state index is -0.806. The Morgan fingerprint density at radius 2 is 0.983 bits per heavy atom. The first-order valence-electron chi connectivity index (χ1n) is 19.9. The van der Waals surface area contributed by atoms with Crippen LogP contribution < -0.4 is 4.74 Å². The number of likely N-dealkylation sites (tertiary alicyclic amines) is 4. The van der Waals surface area contributed by atoms with Crippen LogP contribution in [-0.2, 0) is 32.2 Å². The lowest BCUT2D eigenvalue weighted by atomic mass is 10.1. The minimum Gasteiger partial charge on any atom is -0.486 e. The lowest BCUT2D eigenvalue weighted by molar-refractivity contribution is 0.0201. The fourth-order valence-electron chi connectivity index (χ4n) is 7.95. The molecule has 0 aliphatic carbocycles. The molecule has 312 valence electrons. The highest BCUT2D eigenvalue weighted by Gasteiger charge is 2.55. The molecule has 4 heterocycles. The SMILES string of the molecule is CC(C)(C)OC(=O)N1C[C@@H](O)[C@@H]2[C@H]1CCN2C(=O)OCc1ccccc1.CC(C)(C)OC(=O)N1C[C@H](Oc2ccccc2)[C@@H]2[C@H]1CCN2C(=O)OCc1ccccc1. The number of rotatable bonds is 6. The topological polar surface area (TPSA) is 148 Å². The highest BCUT2D eigenvalue weighted by molar-refractivity contribution is 5.73. The fourth-order valence-corrected chi connectivity index (χ4v) is 7.95. The van der Waals surface area contributed by atoms with Gasteiger partial charge in [-0.15, -0.1) is 0 Å². The van der Waals surface area contributed by atoms with Gasteiger partial charge >= 0.3 is 24.4 Å². The van der Waals surface area contributed by atoms with Crippen LogP contribution in [0.25, 0.3) is 0 Å². The molecule has 0 bridgehead atoms. The second-order valence-corrected chi connectivity index (χ2v) is 17.0. The van der Waals surface area contributed by atoms with Gasteiger partial charge in [0.2, 0.25) is 0 Å². The van der Waals surface area contributed by atoms with Crippen LogP contribution in [0, 0.1) is 0 Å². The zero-order valence-electron chi connectivity index (χ0n) is 34.2. The number of amides is 4. The van der Waals surface area contributed by atoms with Crippen LogP contribution in [0.4, 0.5) is 19.2 Å². The molecule has 3 aromatic carbocycles. The first-order chi connectivity index (χ1) is 27.6. The summed E-state index contributed by atoms with van der Waals surface area (Å²) in [6, 6.07) is 27.3. The average Bonchev–Trinajstić information content (AvgIpc) is 3.96. The van der Waals surface area contributed by atoms with E-state index in [0.29, 0.717) is 38.2 Å². The molecule has 4 saturated heterocycles. The van der Waals surface area contributed by atoms with Gasteiger partial charge in [-0.25, -0.2) is 19.2 Å². The third kappa shape index (κ3) is 10.5. The minimum absolute atomic E-state index is 0.159. The first kappa shape index (κ1) is 42.1. The second kappa shape index (κ2) is 18.0. The van der Waals surface area contributed by atoms with Crippen LogP contribution >= 0.6 is 0 Å². The predicted octanol–water partition coefficient (Wildman–Crippen LogP) is 6.84.